The summed E-state index contributed by atoms with van der Waals surface area (Å²) >= 11 is 0. The van der Waals surface area contributed by atoms with E-state index in [0.717, 1.165) is 11.1 Å². The van der Waals surface area contributed by atoms with Crippen molar-refractivity contribution >= 4 is 17.6 Å². The van der Waals surface area contributed by atoms with Gasteiger partial charge in [0.2, 0.25) is 5.91 Å². The number of rotatable bonds is 7. The lowest BCUT2D eigenvalue weighted by Gasteiger charge is -2.60. The lowest BCUT2D eigenvalue weighted by atomic mass is 9.56. The number of carboxylic acids is 1. The fourth-order valence-corrected chi connectivity index (χ4v) is 7.76. The van der Waals surface area contributed by atoms with Crippen LogP contribution in [0.15, 0.2) is 103 Å². The molecule has 49 heavy (non-hydrogen) atoms. The maximum Gasteiger partial charge on any atom is 0.335 e. The highest BCUT2D eigenvalue weighted by molar-refractivity contribution is 6.06. The normalized spacial score (nSPS) is 31.3. The van der Waals surface area contributed by atoms with Gasteiger partial charge in [-0.05, 0) is 72.7 Å². The van der Waals surface area contributed by atoms with Gasteiger partial charge in [-0.1, -0.05) is 72.8 Å². The van der Waals surface area contributed by atoms with Crippen molar-refractivity contribution in [2.24, 2.45) is 5.41 Å². The zero-order valence-corrected chi connectivity index (χ0v) is 26.4. The van der Waals surface area contributed by atoms with E-state index in [1.807, 2.05) is 78.9 Å². The number of hydrogen-bond donors (Lipinski definition) is 6. The summed E-state index contributed by atoms with van der Waals surface area (Å²) in [5, 5.41) is 62.7. The Morgan fingerprint density at radius 3 is 2.04 bits per heavy atom. The van der Waals surface area contributed by atoms with Crippen LogP contribution in [0.25, 0.3) is 11.1 Å². The van der Waals surface area contributed by atoms with E-state index in [9.17, 15) is 40.2 Å². The first-order valence-electron chi connectivity index (χ1n) is 16.2. The molecule has 0 radical (unpaired) electrons. The third-order valence-corrected chi connectivity index (χ3v) is 10.4. The lowest BCUT2D eigenvalue weighted by Crippen LogP contribution is -2.66. The number of carboxylic acid groups (broad SMARTS) is 1. The highest BCUT2D eigenvalue weighted by Gasteiger charge is 2.65. The molecule has 6 atom stereocenters. The van der Waals surface area contributed by atoms with Crippen LogP contribution in [0.1, 0.15) is 42.9 Å². The zero-order chi connectivity index (χ0) is 34.5. The van der Waals surface area contributed by atoms with E-state index < -0.39 is 53.7 Å². The van der Waals surface area contributed by atoms with Crippen LogP contribution < -0.4 is 4.90 Å². The topological polar surface area (TPSA) is 177 Å². The summed E-state index contributed by atoms with van der Waals surface area (Å²) in [6.45, 7) is 0. The van der Waals surface area contributed by atoms with Crippen LogP contribution in [-0.4, -0.2) is 73.2 Å². The van der Waals surface area contributed by atoms with Gasteiger partial charge in [-0.3, -0.25) is 4.79 Å². The van der Waals surface area contributed by atoms with Gasteiger partial charge in [0.25, 0.3) is 0 Å². The Bertz CT molecular complexity index is 1840. The van der Waals surface area contributed by atoms with Gasteiger partial charge in [0.1, 0.15) is 29.8 Å². The Balaban J connectivity index is 1.24. The minimum Gasteiger partial charge on any atom is -0.508 e. The summed E-state index contributed by atoms with van der Waals surface area (Å²) in [6.07, 6.45) is -7.72. The summed E-state index contributed by atoms with van der Waals surface area (Å²) < 4.78 is 12.0. The van der Waals surface area contributed by atoms with Crippen molar-refractivity contribution < 1.29 is 49.7 Å². The van der Waals surface area contributed by atoms with Crippen molar-refractivity contribution in [1.82, 2.24) is 0 Å². The van der Waals surface area contributed by atoms with Gasteiger partial charge in [0.05, 0.1) is 17.1 Å². The molecular formula is C38H37NO10. The molecule has 0 aromatic heterocycles. The molecule has 1 aliphatic carbocycles. The number of aromatic hydroxyl groups is 2. The zero-order valence-electron chi connectivity index (χ0n) is 26.4. The van der Waals surface area contributed by atoms with Crippen LogP contribution in [0.2, 0.25) is 0 Å². The first-order chi connectivity index (χ1) is 23.5. The predicted molar refractivity (Wildman–Crippen MR) is 176 cm³/mol. The van der Waals surface area contributed by atoms with Gasteiger partial charge >= 0.3 is 5.97 Å². The molecule has 11 nitrogen and oxygen atoms in total. The molecule has 2 saturated heterocycles. The van der Waals surface area contributed by atoms with Gasteiger partial charge < -0.3 is 45.0 Å². The molecule has 6 N–H and O–H groups in total. The maximum atomic E-state index is 14.3. The number of β-lactam (4-membered cyclic amide) rings is 1. The third kappa shape index (κ3) is 5.53. The Kier molecular flexibility index (Phi) is 8.42. The highest BCUT2D eigenvalue weighted by atomic mass is 16.7. The number of aliphatic carboxylic acids is 1. The van der Waals surface area contributed by atoms with Gasteiger partial charge in [0, 0.05) is 11.3 Å². The Morgan fingerprint density at radius 1 is 0.755 bits per heavy atom. The summed E-state index contributed by atoms with van der Waals surface area (Å²) in [7, 11) is 0. The molecule has 2 aliphatic heterocycles. The summed E-state index contributed by atoms with van der Waals surface area (Å²) in [4.78, 5) is 27.9. The number of benzene rings is 4. The van der Waals surface area contributed by atoms with Crippen molar-refractivity contribution in [3.63, 3.8) is 0 Å². The van der Waals surface area contributed by atoms with E-state index in [1.54, 1.807) is 29.2 Å². The van der Waals surface area contributed by atoms with Crippen molar-refractivity contribution in [2.45, 2.75) is 68.0 Å². The van der Waals surface area contributed by atoms with Crippen LogP contribution in [-0.2, 0) is 24.7 Å². The molecule has 4 aromatic carbocycles. The minimum absolute atomic E-state index is 0.000723. The van der Waals surface area contributed by atoms with E-state index in [2.05, 4.69) is 0 Å². The predicted octanol–water partition coefficient (Wildman–Crippen LogP) is 4.22. The van der Waals surface area contributed by atoms with Crippen molar-refractivity contribution in [2.75, 3.05) is 4.90 Å². The van der Waals surface area contributed by atoms with E-state index in [-0.39, 0.29) is 30.2 Å². The highest BCUT2D eigenvalue weighted by Crippen LogP contribution is 2.63. The number of hydrogen-bond acceptors (Lipinski definition) is 9. The number of anilines is 1. The summed E-state index contributed by atoms with van der Waals surface area (Å²) in [5.41, 5.74) is 1.29. The Morgan fingerprint density at radius 2 is 1.41 bits per heavy atom. The Hall–Kier alpha value is -4.78. The van der Waals surface area contributed by atoms with Crippen molar-refractivity contribution in [3.05, 3.63) is 114 Å². The molecule has 254 valence electrons. The van der Waals surface area contributed by atoms with Gasteiger partial charge in [-0.2, -0.15) is 0 Å². The quantitative estimate of drug-likeness (QED) is 0.157. The van der Waals surface area contributed by atoms with Crippen molar-refractivity contribution in [3.8, 4) is 22.6 Å². The maximum absolute atomic E-state index is 14.3. The molecule has 7 rings (SSSR count). The van der Waals surface area contributed by atoms with Gasteiger partial charge in [0.15, 0.2) is 12.4 Å². The van der Waals surface area contributed by atoms with Gasteiger partial charge in [-0.25, -0.2) is 4.79 Å². The molecule has 11 heteroatoms. The number of carbonyl (C=O) groups excluding carboxylic acids is 1. The number of carbonyl (C=O) groups is 2. The van der Waals surface area contributed by atoms with Gasteiger partial charge in [-0.15, -0.1) is 0 Å². The molecule has 2 heterocycles. The second kappa shape index (κ2) is 12.6. The lowest BCUT2D eigenvalue weighted by molar-refractivity contribution is -0.328. The number of phenolic OH excluding ortho intramolecular Hbond substituents is 2. The van der Waals surface area contributed by atoms with E-state index >= 15 is 0 Å². The average molecular weight is 668 g/mol. The average Bonchev–Trinajstić information content (AvgIpc) is 3.11. The Labute approximate surface area is 282 Å². The fourth-order valence-electron chi connectivity index (χ4n) is 7.76. The largest absolute Gasteiger partial charge is 0.508 e. The van der Waals surface area contributed by atoms with Crippen LogP contribution in [0, 0.1) is 5.41 Å². The van der Waals surface area contributed by atoms with Crippen LogP contribution >= 0.6 is 0 Å². The molecule has 4 aromatic rings. The minimum atomic E-state index is -1.86. The second-order valence-electron chi connectivity index (χ2n) is 13.1. The number of amides is 1. The van der Waals surface area contributed by atoms with E-state index in [4.69, 9.17) is 9.47 Å². The number of aliphatic hydroxyl groups excluding tert-OH is 3. The third-order valence-electron chi connectivity index (χ3n) is 10.4. The first kappa shape index (κ1) is 32.8. The SMILES string of the molecule is O=C(O)C1O[C@@H](OC2(c3ccccc3)CCC3(CC2)C(=O)N(c2ccccc2)[C@@H]3c2ccc(-c3cccc(O)c3)cc2O)C(O)[C@@H](O)[C@H]1O. The standard InChI is InChI=1S/C38H37NO10/c40-26-13-7-8-22(20-26)23-14-15-27(28(41)21-23)33-37(36(47)39(33)25-11-5-2-6-12-25)16-18-38(19-17-37,24-9-3-1-4-10-24)49-35-31(44)29(42)30(43)32(48-35)34(45)46/h1-15,20-21,29-33,35,40-44H,16-19H2,(H,45,46)/t29-,30+,31?,32?,33+,35-,37?,38?/m0/s1. The summed E-state index contributed by atoms with van der Waals surface area (Å²) in [5.74, 6) is -1.52. The van der Waals surface area contributed by atoms with Crippen LogP contribution in [0.4, 0.5) is 5.69 Å². The second-order valence-corrected chi connectivity index (χ2v) is 13.1. The molecule has 2 unspecified atom stereocenters. The molecule has 0 bridgehead atoms. The molecule has 3 aliphatic rings. The smallest absolute Gasteiger partial charge is 0.335 e. The van der Waals surface area contributed by atoms with E-state index in [0.29, 0.717) is 29.7 Å². The molecule has 3 fully saturated rings. The molecule has 1 amide bonds. The number of para-hydroxylation sites is 1. The van der Waals surface area contributed by atoms with Crippen molar-refractivity contribution in [1.29, 1.82) is 0 Å². The monoisotopic (exact) mass is 667 g/mol. The van der Waals surface area contributed by atoms with E-state index in [1.165, 1.54) is 0 Å². The summed E-state index contributed by atoms with van der Waals surface area (Å²) in [6, 6.07) is 29.9. The van der Waals surface area contributed by atoms with Crippen LogP contribution in [0.3, 0.4) is 0 Å². The number of nitrogens with zero attached hydrogens (tertiary/aromatic N) is 1. The molecule has 1 spiro atoms. The molecular weight excluding hydrogens is 630 g/mol. The fraction of sp³-hybridized carbons (Fsp3) is 0.316. The molecule has 1 saturated carbocycles. The van der Waals surface area contributed by atoms with Crippen LogP contribution in [0.5, 0.6) is 11.5 Å². The number of aliphatic hydroxyl groups is 3. The number of ether oxygens (including phenoxy) is 2. The number of phenols is 2. The first-order valence-corrected chi connectivity index (χ1v) is 16.2.